The Hall–Kier alpha value is -5.20. The van der Waals surface area contributed by atoms with Crippen LogP contribution < -0.4 is 20.4 Å². The van der Waals surface area contributed by atoms with Gasteiger partial charge in [-0.1, -0.05) is 11.6 Å². The number of nitrogens with one attached hydrogen (secondary N) is 2. The maximum atomic E-state index is 14.2. The van der Waals surface area contributed by atoms with Gasteiger partial charge in [0.25, 0.3) is 18.2 Å². The third-order valence-electron chi connectivity index (χ3n) is 12.3. The van der Waals surface area contributed by atoms with E-state index in [1.165, 1.54) is 21.8 Å². The number of amides is 5. The van der Waals surface area contributed by atoms with Gasteiger partial charge in [-0.15, -0.1) is 0 Å². The van der Waals surface area contributed by atoms with Gasteiger partial charge in [0.1, 0.15) is 11.4 Å². The normalized spacial score (nSPS) is 20.7. The van der Waals surface area contributed by atoms with Crippen LogP contribution in [-0.4, -0.2) is 124 Å². The van der Waals surface area contributed by atoms with Crippen LogP contribution in [0.1, 0.15) is 90.2 Å². The average molecular weight is 850 g/mol. The van der Waals surface area contributed by atoms with Crippen molar-refractivity contribution in [2.24, 2.45) is 11.8 Å². The van der Waals surface area contributed by atoms with Crippen LogP contribution in [0.5, 0.6) is 0 Å². The predicted molar refractivity (Wildman–Crippen MR) is 220 cm³/mol. The molecule has 6 heterocycles. The summed E-state index contributed by atoms with van der Waals surface area (Å²) in [6.07, 6.45) is 8.25. The number of likely N-dealkylation sites (tertiary alicyclic amines) is 1. The zero-order valence-electron chi connectivity index (χ0n) is 33.6. The number of morpholine rings is 1. The molecule has 4 aliphatic rings. The molecule has 0 unspecified atom stereocenters. The third kappa shape index (κ3) is 9.24. The minimum Gasteiger partial charge on any atom is -0.378 e. The summed E-state index contributed by atoms with van der Waals surface area (Å²) < 4.78 is 37.0. The van der Waals surface area contributed by atoms with Gasteiger partial charge in [-0.05, 0) is 94.6 Å². The Morgan fingerprint density at radius 1 is 1.02 bits per heavy atom. The fraction of sp³-hybridized carbons (Fsp3) is 0.537. The van der Waals surface area contributed by atoms with Crippen LogP contribution in [-0.2, 0) is 9.53 Å². The number of urea groups is 1. The molecule has 5 amide bonds. The zero-order valence-corrected chi connectivity index (χ0v) is 34.3. The van der Waals surface area contributed by atoms with Crippen molar-refractivity contribution in [2.45, 2.75) is 63.8 Å². The highest BCUT2D eigenvalue weighted by molar-refractivity contribution is 6.34. The maximum absolute atomic E-state index is 14.2. The van der Waals surface area contributed by atoms with Crippen molar-refractivity contribution >= 4 is 58.2 Å². The molecule has 1 aromatic carbocycles. The second-order valence-electron chi connectivity index (χ2n) is 16.3. The van der Waals surface area contributed by atoms with E-state index in [1.807, 2.05) is 11.0 Å². The van der Waals surface area contributed by atoms with Crippen LogP contribution in [0.15, 0.2) is 42.9 Å². The van der Waals surface area contributed by atoms with E-state index in [2.05, 4.69) is 42.7 Å². The molecule has 3 saturated heterocycles. The molecular formula is C41H50ClF2N11O5. The second-order valence-corrected chi connectivity index (χ2v) is 16.7. The quantitative estimate of drug-likeness (QED) is 0.182. The maximum Gasteiger partial charge on any atom is 0.328 e. The van der Waals surface area contributed by atoms with E-state index in [4.69, 9.17) is 16.3 Å². The first-order valence-electron chi connectivity index (χ1n) is 20.7. The number of alkyl halides is 2. The largest absolute Gasteiger partial charge is 0.378 e. The van der Waals surface area contributed by atoms with Gasteiger partial charge in [0.15, 0.2) is 11.3 Å². The number of piperidine rings is 1. The van der Waals surface area contributed by atoms with Crippen LogP contribution in [0, 0.1) is 11.8 Å². The fourth-order valence-electron chi connectivity index (χ4n) is 8.81. The van der Waals surface area contributed by atoms with Crippen LogP contribution in [0.25, 0.3) is 5.65 Å². The standard InChI is InChI=1S/C41H50ClF2N11O5/c1-50(13-8-26-9-14-52(15-10-26)40(58)28-4-7-31(42)33(22-28)53-16-12-35(56)48-41(53)59)24-27-2-5-29(6-3-27)55-25-32(36(49-55)37(43)44)46-39(57)30-23-45-54-17-11-34(47-38(30)54)51-18-20-60-21-19-51/h4,7,11,17,22-23,25-27,29,37H,2-3,5-6,8-10,12-16,18-21,24H2,1H3,(H,46,57)(H,48,56,59). The number of fused-ring (bicyclic) bond motifs is 1. The van der Waals surface area contributed by atoms with Crippen LogP contribution in [0.3, 0.4) is 0 Å². The molecule has 16 nitrogen and oxygen atoms in total. The fourth-order valence-corrected chi connectivity index (χ4v) is 9.03. The number of aromatic nitrogens is 5. The Morgan fingerprint density at radius 2 is 1.78 bits per heavy atom. The Balaban J connectivity index is 0.789. The van der Waals surface area contributed by atoms with Gasteiger partial charge >= 0.3 is 6.03 Å². The van der Waals surface area contributed by atoms with E-state index < -0.39 is 24.1 Å². The second kappa shape index (κ2) is 18.2. The van der Waals surface area contributed by atoms with E-state index >= 15 is 0 Å². The van der Waals surface area contributed by atoms with Crippen molar-refractivity contribution in [1.29, 1.82) is 0 Å². The molecule has 2 N–H and O–H groups in total. The number of nitrogens with zero attached hydrogens (tertiary/aromatic N) is 9. The Bertz CT molecular complexity index is 2210. The Labute approximate surface area is 351 Å². The SMILES string of the molecule is CN(CCC1CCN(C(=O)c2ccc(Cl)c(N3CCC(=O)NC3=O)c2)CC1)CC1CCC(n2cc(NC(=O)c3cnn4ccc(N5CCOCC5)nc34)c(C(F)F)n2)CC1. The highest BCUT2D eigenvalue weighted by atomic mass is 35.5. The number of carbonyl (C=O) groups excluding carboxylic acids is 4. The average Bonchev–Trinajstić information content (AvgIpc) is 3.88. The molecule has 8 rings (SSSR count). The summed E-state index contributed by atoms with van der Waals surface area (Å²) in [6.45, 7) is 5.89. The molecule has 19 heteroatoms. The molecule has 4 aromatic rings. The van der Waals surface area contributed by atoms with Crippen molar-refractivity contribution < 1.29 is 32.7 Å². The van der Waals surface area contributed by atoms with E-state index in [9.17, 15) is 28.0 Å². The lowest BCUT2D eigenvalue weighted by molar-refractivity contribution is -0.120. The predicted octanol–water partition coefficient (Wildman–Crippen LogP) is 5.66. The van der Waals surface area contributed by atoms with Crippen molar-refractivity contribution in [1.82, 2.24) is 39.5 Å². The van der Waals surface area contributed by atoms with Gasteiger partial charge in [0.05, 0.1) is 41.8 Å². The number of benzene rings is 1. The molecule has 3 aliphatic heterocycles. The number of hydrogen-bond donors (Lipinski definition) is 2. The number of ether oxygens (including phenoxy) is 1. The van der Waals surface area contributed by atoms with Gasteiger partial charge in [-0.2, -0.15) is 10.2 Å². The monoisotopic (exact) mass is 849 g/mol. The lowest BCUT2D eigenvalue weighted by atomic mass is 9.85. The molecule has 4 fully saturated rings. The van der Waals surface area contributed by atoms with E-state index in [0.29, 0.717) is 79.0 Å². The molecule has 1 saturated carbocycles. The molecule has 1 aliphatic carbocycles. The topological polar surface area (TPSA) is 163 Å². The van der Waals surface area contributed by atoms with Crippen LogP contribution >= 0.6 is 11.6 Å². The van der Waals surface area contributed by atoms with Gasteiger partial charge in [-0.3, -0.25) is 29.3 Å². The molecule has 0 radical (unpaired) electrons. The Kier molecular flexibility index (Phi) is 12.6. The molecule has 0 atom stereocenters. The van der Waals surface area contributed by atoms with Crippen molar-refractivity contribution in [3.05, 3.63) is 64.7 Å². The van der Waals surface area contributed by atoms with Gasteiger partial charge in [0, 0.05) is 63.6 Å². The summed E-state index contributed by atoms with van der Waals surface area (Å²) in [5.41, 5.74) is 0.908. The lowest BCUT2D eigenvalue weighted by Gasteiger charge is -2.34. The molecule has 320 valence electrons. The van der Waals surface area contributed by atoms with Gasteiger partial charge in [0.2, 0.25) is 5.91 Å². The smallest absolute Gasteiger partial charge is 0.328 e. The number of carbonyl (C=O) groups is 4. The van der Waals surface area contributed by atoms with Gasteiger partial charge < -0.3 is 24.8 Å². The summed E-state index contributed by atoms with van der Waals surface area (Å²) in [6, 6.07) is 6.15. The zero-order chi connectivity index (χ0) is 41.9. The van der Waals surface area contributed by atoms with Crippen molar-refractivity contribution in [2.75, 3.05) is 81.2 Å². The van der Waals surface area contributed by atoms with Gasteiger partial charge in [-0.25, -0.2) is 23.1 Å². The summed E-state index contributed by atoms with van der Waals surface area (Å²) in [5.74, 6) is 0.639. The molecule has 0 bridgehead atoms. The summed E-state index contributed by atoms with van der Waals surface area (Å²) in [7, 11) is 2.14. The first-order chi connectivity index (χ1) is 29.0. The van der Waals surface area contributed by atoms with Crippen LogP contribution in [0.4, 0.5) is 30.8 Å². The minimum atomic E-state index is -2.86. The number of anilines is 3. The molecular weight excluding hydrogens is 800 g/mol. The third-order valence-corrected chi connectivity index (χ3v) is 12.6. The first-order valence-corrected chi connectivity index (χ1v) is 21.1. The number of halogens is 3. The van der Waals surface area contributed by atoms with E-state index in [0.717, 1.165) is 58.0 Å². The molecule has 60 heavy (non-hydrogen) atoms. The summed E-state index contributed by atoms with van der Waals surface area (Å²) >= 11 is 6.39. The van der Waals surface area contributed by atoms with Crippen molar-refractivity contribution in [3.63, 3.8) is 0 Å². The number of hydrogen-bond acceptors (Lipinski definition) is 10. The first kappa shape index (κ1) is 41.5. The summed E-state index contributed by atoms with van der Waals surface area (Å²) in [5, 5.41) is 13.8. The lowest BCUT2D eigenvalue weighted by Crippen LogP contribution is -2.49. The summed E-state index contributed by atoms with van der Waals surface area (Å²) in [4.78, 5) is 63.3. The molecule has 3 aromatic heterocycles. The Morgan fingerprint density at radius 3 is 2.52 bits per heavy atom. The highest BCUT2D eigenvalue weighted by Gasteiger charge is 2.31. The number of imide groups is 1. The number of rotatable bonds is 12. The van der Waals surface area contributed by atoms with E-state index in [-0.39, 0.29) is 42.1 Å². The highest BCUT2D eigenvalue weighted by Crippen LogP contribution is 2.36. The van der Waals surface area contributed by atoms with Crippen LogP contribution in [0.2, 0.25) is 5.02 Å². The minimum absolute atomic E-state index is 0.0159. The molecule has 0 spiro atoms. The van der Waals surface area contributed by atoms with E-state index in [1.54, 1.807) is 29.1 Å². The van der Waals surface area contributed by atoms with Crippen molar-refractivity contribution in [3.8, 4) is 0 Å².